The maximum Gasteiger partial charge on any atom is 0.176 e. The number of unbranched alkanes of at least 4 members (excludes halogenated alkanes) is 2. The van der Waals surface area contributed by atoms with Gasteiger partial charge in [-0.3, -0.25) is 0 Å². The van der Waals surface area contributed by atoms with E-state index in [-0.39, 0.29) is 0 Å². The summed E-state index contributed by atoms with van der Waals surface area (Å²) in [6.45, 7) is 2.24. The standard InChI is InChI=1S/C13H24O2/c1-3-4-5-6-11-7-9-12(10-8-11)13(14)15-2/h9,11,13-14H,3-8,10H2,1-2H3. The second kappa shape index (κ2) is 7.02. The van der Waals surface area contributed by atoms with Crippen molar-refractivity contribution < 1.29 is 9.84 Å². The van der Waals surface area contributed by atoms with Crippen molar-refractivity contribution >= 4 is 0 Å². The van der Waals surface area contributed by atoms with Gasteiger partial charge >= 0.3 is 0 Å². The summed E-state index contributed by atoms with van der Waals surface area (Å²) in [7, 11) is 1.55. The number of allylic oxidation sites excluding steroid dienone is 1. The van der Waals surface area contributed by atoms with E-state index in [1.165, 1.54) is 32.1 Å². The lowest BCUT2D eigenvalue weighted by molar-refractivity contribution is -0.0482. The minimum Gasteiger partial charge on any atom is -0.364 e. The van der Waals surface area contributed by atoms with Crippen molar-refractivity contribution in [3.05, 3.63) is 11.6 Å². The summed E-state index contributed by atoms with van der Waals surface area (Å²) in [6, 6.07) is 0. The zero-order chi connectivity index (χ0) is 11.1. The third-order valence-corrected chi connectivity index (χ3v) is 3.31. The van der Waals surface area contributed by atoms with E-state index in [4.69, 9.17) is 4.74 Å². The first-order valence-corrected chi connectivity index (χ1v) is 6.17. The van der Waals surface area contributed by atoms with E-state index in [0.717, 1.165) is 24.3 Å². The molecule has 15 heavy (non-hydrogen) atoms. The summed E-state index contributed by atoms with van der Waals surface area (Å²) >= 11 is 0. The van der Waals surface area contributed by atoms with Crippen LogP contribution in [-0.2, 0) is 4.74 Å². The molecule has 2 unspecified atom stereocenters. The normalized spacial score (nSPS) is 23.7. The van der Waals surface area contributed by atoms with Crippen molar-refractivity contribution in [3.8, 4) is 0 Å². The van der Waals surface area contributed by atoms with Gasteiger partial charge in [-0.1, -0.05) is 38.7 Å². The fourth-order valence-electron chi connectivity index (χ4n) is 2.23. The minimum atomic E-state index is -0.665. The Labute approximate surface area is 93.3 Å². The van der Waals surface area contributed by atoms with Gasteiger partial charge in [-0.25, -0.2) is 0 Å². The molecule has 0 radical (unpaired) electrons. The molecule has 2 heteroatoms. The second-order valence-corrected chi connectivity index (χ2v) is 4.50. The second-order valence-electron chi connectivity index (χ2n) is 4.50. The van der Waals surface area contributed by atoms with Crippen LogP contribution in [0.15, 0.2) is 11.6 Å². The molecule has 0 saturated carbocycles. The fraction of sp³-hybridized carbons (Fsp3) is 0.846. The third kappa shape index (κ3) is 4.35. The van der Waals surface area contributed by atoms with Gasteiger partial charge in [0.2, 0.25) is 0 Å². The first-order valence-electron chi connectivity index (χ1n) is 6.17. The Morgan fingerprint density at radius 2 is 2.33 bits per heavy atom. The SMILES string of the molecule is CCCCCC1CC=C(C(O)OC)CC1. The molecule has 0 spiro atoms. The van der Waals surface area contributed by atoms with Gasteiger partial charge in [-0.15, -0.1) is 0 Å². The summed E-state index contributed by atoms with van der Waals surface area (Å²) < 4.78 is 4.91. The Morgan fingerprint density at radius 1 is 1.53 bits per heavy atom. The zero-order valence-corrected chi connectivity index (χ0v) is 10.0. The van der Waals surface area contributed by atoms with Gasteiger partial charge in [0.25, 0.3) is 0 Å². The summed E-state index contributed by atoms with van der Waals surface area (Å²) in [5.41, 5.74) is 1.07. The molecule has 88 valence electrons. The number of hydrogen-bond donors (Lipinski definition) is 1. The molecule has 0 aliphatic heterocycles. The van der Waals surface area contributed by atoms with Crippen LogP contribution in [0.1, 0.15) is 51.9 Å². The molecule has 1 rings (SSSR count). The lowest BCUT2D eigenvalue weighted by atomic mass is 9.86. The van der Waals surface area contributed by atoms with E-state index < -0.39 is 6.29 Å². The van der Waals surface area contributed by atoms with Crippen LogP contribution in [0.5, 0.6) is 0 Å². The highest BCUT2D eigenvalue weighted by molar-refractivity contribution is 5.08. The van der Waals surface area contributed by atoms with Crippen LogP contribution in [0.25, 0.3) is 0 Å². The molecule has 0 heterocycles. The molecule has 1 aliphatic carbocycles. The largest absolute Gasteiger partial charge is 0.364 e. The molecule has 1 aliphatic rings. The van der Waals surface area contributed by atoms with Crippen molar-refractivity contribution in [1.29, 1.82) is 0 Å². The van der Waals surface area contributed by atoms with E-state index in [1.54, 1.807) is 7.11 Å². The van der Waals surface area contributed by atoms with Crippen LogP contribution in [0.4, 0.5) is 0 Å². The van der Waals surface area contributed by atoms with E-state index in [2.05, 4.69) is 13.0 Å². The Hall–Kier alpha value is -0.340. The van der Waals surface area contributed by atoms with Gasteiger partial charge in [0.1, 0.15) is 0 Å². The lowest BCUT2D eigenvalue weighted by Crippen LogP contribution is -2.17. The topological polar surface area (TPSA) is 29.5 Å². The molecule has 0 bridgehead atoms. The van der Waals surface area contributed by atoms with Crippen LogP contribution < -0.4 is 0 Å². The number of ether oxygens (including phenoxy) is 1. The van der Waals surface area contributed by atoms with Gasteiger partial charge in [0.15, 0.2) is 6.29 Å². The van der Waals surface area contributed by atoms with Crippen molar-refractivity contribution in [3.63, 3.8) is 0 Å². The van der Waals surface area contributed by atoms with Crippen LogP contribution in [0, 0.1) is 5.92 Å². The van der Waals surface area contributed by atoms with Crippen LogP contribution in [0.2, 0.25) is 0 Å². The number of rotatable bonds is 6. The molecule has 0 fully saturated rings. The Balaban J connectivity index is 2.24. The smallest absolute Gasteiger partial charge is 0.176 e. The third-order valence-electron chi connectivity index (χ3n) is 3.31. The molecule has 2 atom stereocenters. The Morgan fingerprint density at radius 3 is 2.87 bits per heavy atom. The summed E-state index contributed by atoms with van der Waals surface area (Å²) in [5.74, 6) is 0.837. The quantitative estimate of drug-likeness (QED) is 0.416. The molecular weight excluding hydrogens is 188 g/mol. The van der Waals surface area contributed by atoms with E-state index in [1.807, 2.05) is 0 Å². The monoisotopic (exact) mass is 212 g/mol. The molecule has 0 amide bonds. The van der Waals surface area contributed by atoms with E-state index in [9.17, 15) is 5.11 Å². The molecule has 1 N–H and O–H groups in total. The summed E-state index contributed by atoms with van der Waals surface area (Å²) in [4.78, 5) is 0. The van der Waals surface area contributed by atoms with Crippen LogP contribution >= 0.6 is 0 Å². The maximum absolute atomic E-state index is 9.49. The molecule has 2 nitrogen and oxygen atoms in total. The minimum absolute atomic E-state index is 0.665. The summed E-state index contributed by atoms with van der Waals surface area (Å²) in [6.07, 6.45) is 10.2. The van der Waals surface area contributed by atoms with Gasteiger partial charge in [0.05, 0.1) is 0 Å². The van der Waals surface area contributed by atoms with Gasteiger partial charge in [-0.05, 0) is 30.8 Å². The van der Waals surface area contributed by atoms with Crippen LogP contribution in [-0.4, -0.2) is 18.5 Å². The molecular formula is C13H24O2. The molecule has 0 aromatic carbocycles. The van der Waals surface area contributed by atoms with E-state index in [0.29, 0.717) is 0 Å². The predicted molar refractivity (Wildman–Crippen MR) is 62.6 cm³/mol. The molecule has 0 aromatic heterocycles. The number of aliphatic hydroxyl groups is 1. The van der Waals surface area contributed by atoms with Crippen molar-refractivity contribution in [2.24, 2.45) is 5.92 Å². The Kier molecular flexibility index (Phi) is 5.96. The van der Waals surface area contributed by atoms with Crippen LogP contribution in [0.3, 0.4) is 0 Å². The van der Waals surface area contributed by atoms with E-state index >= 15 is 0 Å². The predicted octanol–water partition coefficient (Wildman–Crippen LogP) is 3.26. The van der Waals surface area contributed by atoms with Crippen molar-refractivity contribution in [2.45, 2.75) is 58.2 Å². The highest BCUT2D eigenvalue weighted by atomic mass is 16.6. The zero-order valence-electron chi connectivity index (χ0n) is 10.0. The van der Waals surface area contributed by atoms with Crippen molar-refractivity contribution in [2.75, 3.05) is 7.11 Å². The maximum atomic E-state index is 9.49. The number of methoxy groups -OCH3 is 1. The molecule has 0 aromatic rings. The number of hydrogen-bond acceptors (Lipinski definition) is 2. The lowest BCUT2D eigenvalue weighted by Gasteiger charge is -2.23. The highest BCUT2D eigenvalue weighted by Gasteiger charge is 2.18. The van der Waals surface area contributed by atoms with Crippen molar-refractivity contribution in [1.82, 2.24) is 0 Å². The van der Waals surface area contributed by atoms with Gasteiger partial charge < -0.3 is 9.84 Å². The average molecular weight is 212 g/mol. The highest BCUT2D eigenvalue weighted by Crippen LogP contribution is 2.29. The number of aliphatic hydroxyl groups excluding tert-OH is 1. The first kappa shape index (κ1) is 12.7. The average Bonchev–Trinajstić information content (AvgIpc) is 2.29. The Bertz CT molecular complexity index is 199. The first-order chi connectivity index (χ1) is 7.27. The van der Waals surface area contributed by atoms with Gasteiger partial charge in [0, 0.05) is 7.11 Å². The fourth-order valence-corrected chi connectivity index (χ4v) is 2.23. The summed E-state index contributed by atoms with van der Waals surface area (Å²) in [5, 5.41) is 9.49. The molecule has 0 saturated heterocycles. The van der Waals surface area contributed by atoms with Gasteiger partial charge in [-0.2, -0.15) is 0 Å².